The van der Waals surface area contributed by atoms with Gasteiger partial charge in [0, 0.05) is 15.9 Å². The molecule has 0 bridgehead atoms. The largest absolute Gasteiger partial charge is 0.376 e. The highest BCUT2D eigenvalue weighted by Gasteiger charge is 2.22. The first-order valence-electron chi connectivity index (χ1n) is 6.64. The zero-order chi connectivity index (χ0) is 14.1. The van der Waals surface area contributed by atoms with Crippen LogP contribution in [0, 0.1) is 10.1 Å². The normalized spacial score (nSPS) is 15.7. The van der Waals surface area contributed by atoms with E-state index in [1.165, 1.54) is 19.0 Å². The number of anilines is 1. The Labute approximate surface area is 124 Å². The minimum Gasteiger partial charge on any atom is -0.376 e. The fourth-order valence-corrected chi connectivity index (χ4v) is 3.08. The number of nitro groups is 1. The Kier molecular flexibility index (Phi) is 3.56. The molecule has 1 saturated carbocycles. The summed E-state index contributed by atoms with van der Waals surface area (Å²) in [4.78, 5) is 15.0. The number of benzene rings is 1. The molecule has 0 unspecified atom stereocenters. The molecule has 1 aliphatic carbocycles. The predicted octanol–water partition coefficient (Wildman–Crippen LogP) is 4.26. The molecule has 3 rings (SSSR count). The summed E-state index contributed by atoms with van der Waals surface area (Å²) in [5.41, 5.74) is 1.40. The standard InChI is InChI=1S/C14H14BrN3O2/c15-9-5-6-12-11(7-9)14(13(8-16-12)18(19)20)17-10-3-1-2-4-10/h5-8,10H,1-4H2,(H,16,17). The molecule has 1 fully saturated rings. The second-order valence-corrected chi connectivity index (χ2v) is 5.98. The van der Waals surface area contributed by atoms with E-state index >= 15 is 0 Å². The van der Waals surface area contributed by atoms with Gasteiger partial charge in [0.2, 0.25) is 0 Å². The molecule has 6 heteroatoms. The highest BCUT2D eigenvalue weighted by molar-refractivity contribution is 9.10. The van der Waals surface area contributed by atoms with E-state index in [-0.39, 0.29) is 10.6 Å². The minimum atomic E-state index is -0.370. The van der Waals surface area contributed by atoms with Crippen molar-refractivity contribution in [2.24, 2.45) is 0 Å². The molecule has 0 saturated heterocycles. The Morgan fingerprint density at radius 1 is 1.35 bits per heavy atom. The van der Waals surface area contributed by atoms with Gasteiger partial charge in [-0.05, 0) is 31.0 Å². The number of nitrogens with one attached hydrogen (secondary N) is 1. The maximum Gasteiger partial charge on any atom is 0.311 e. The third-order valence-electron chi connectivity index (χ3n) is 3.71. The smallest absolute Gasteiger partial charge is 0.311 e. The predicted molar refractivity (Wildman–Crippen MR) is 82.0 cm³/mol. The van der Waals surface area contributed by atoms with Gasteiger partial charge >= 0.3 is 5.69 Å². The van der Waals surface area contributed by atoms with Crippen LogP contribution in [0.1, 0.15) is 25.7 Å². The summed E-state index contributed by atoms with van der Waals surface area (Å²) < 4.78 is 0.891. The summed E-state index contributed by atoms with van der Waals surface area (Å²) >= 11 is 3.42. The minimum absolute atomic E-state index is 0.0440. The molecule has 0 amide bonds. The van der Waals surface area contributed by atoms with Crippen molar-refractivity contribution in [2.45, 2.75) is 31.7 Å². The molecule has 1 aromatic carbocycles. The molecule has 5 nitrogen and oxygen atoms in total. The Morgan fingerprint density at radius 3 is 2.80 bits per heavy atom. The first-order valence-corrected chi connectivity index (χ1v) is 7.43. The topological polar surface area (TPSA) is 68.1 Å². The summed E-state index contributed by atoms with van der Waals surface area (Å²) in [6.45, 7) is 0. The SMILES string of the molecule is O=[N+]([O-])c1cnc2ccc(Br)cc2c1NC1CCCC1. The van der Waals surface area contributed by atoms with Crippen LogP contribution < -0.4 is 5.32 Å². The number of hydrogen-bond donors (Lipinski definition) is 1. The molecule has 0 atom stereocenters. The van der Waals surface area contributed by atoms with Crippen molar-refractivity contribution in [1.29, 1.82) is 0 Å². The van der Waals surface area contributed by atoms with E-state index in [0.717, 1.165) is 28.2 Å². The Bertz CT molecular complexity index is 669. The lowest BCUT2D eigenvalue weighted by atomic mass is 10.1. The van der Waals surface area contributed by atoms with Crippen LogP contribution in [-0.4, -0.2) is 15.9 Å². The van der Waals surface area contributed by atoms with Crippen molar-refractivity contribution in [3.8, 4) is 0 Å². The molecular formula is C14H14BrN3O2. The van der Waals surface area contributed by atoms with Crippen molar-refractivity contribution < 1.29 is 4.92 Å². The molecular weight excluding hydrogens is 322 g/mol. The fraction of sp³-hybridized carbons (Fsp3) is 0.357. The molecule has 0 spiro atoms. The molecule has 1 heterocycles. The van der Waals surface area contributed by atoms with E-state index in [2.05, 4.69) is 26.2 Å². The van der Waals surface area contributed by atoms with Crippen molar-refractivity contribution in [2.75, 3.05) is 5.32 Å². The maximum absolute atomic E-state index is 11.2. The summed E-state index contributed by atoms with van der Waals surface area (Å²) in [5.74, 6) is 0. The zero-order valence-electron chi connectivity index (χ0n) is 10.8. The Morgan fingerprint density at radius 2 is 2.10 bits per heavy atom. The van der Waals surface area contributed by atoms with Gasteiger partial charge in [-0.1, -0.05) is 28.8 Å². The molecule has 1 N–H and O–H groups in total. The van der Waals surface area contributed by atoms with Gasteiger partial charge in [-0.3, -0.25) is 10.1 Å². The molecule has 2 aromatic rings. The number of hydrogen-bond acceptors (Lipinski definition) is 4. The highest BCUT2D eigenvalue weighted by Crippen LogP contribution is 2.35. The van der Waals surface area contributed by atoms with E-state index in [1.807, 2.05) is 18.2 Å². The lowest BCUT2D eigenvalue weighted by molar-refractivity contribution is -0.384. The van der Waals surface area contributed by atoms with Crippen LogP contribution in [0.2, 0.25) is 0 Å². The first-order chi connectivity index (χ1) is 9.65. The monoisotopic (exact) mass is 335 g/mol. The first kappa shape index (κ1) is 13.3. The maximum atomic E-state index is 11.2. The third-order valence-corrected chi connectivity index (χ3v) is 4.20. The van der Waals surface area contributed by atoms with Crippen LogP contribution in [0.25, 0.3) is 10.9 Å². The number of halogens is 1. The van der Waals surface area contributed by atoms with Crippen molar-refractivity contribution in [1.82, 2.24) is 4.98 Å². The number of pyridine rings is 1. The van der Waals surface area contributed by atoms with Gasteiger partial charge in [0.05, 0.1) is 10.4 Å². The fourth-order valence-electron chi connectivity index (χ4n) is 2.72. The number of rotatable bonds is 3. The van der Waals surface area contributed by atoms with Gasteiger partial charge in [0.25, 0.3) is 0 Å². The second-order valence-electron chi connectivity index (χ2n) is 5.06. The van der Waals surface area contributed by atoms with Gasteiger partial charge in [-0.25, -0.2) is 4.98 Å². The van der Waals surface area contributed by atoms with E-state index in [4.69, 9.17) is 0 Å². The van der Waals surface area contributed by atoms with Crippen molar-refractivity contribution in [3.05, 3.63) is 39.0 Å². The molecule has 1 aromatic heterocycles. The Hall–Kier alpha value is -1.69. The van der Waals surface area contributed by atoms with E-state index in [0.29, 0.717) is 11.7 Å². The number of nitrogens with zero attached hydrogens (tertiary/aromatic N) is 2. The van der Waals surface area contributed by atoms with Crippen LogP contribution in [0.4, 0.5) is 11.4 Å². The summed E-state index contributed by atoms with van der Waals surface area (Å²) in [6.07, 6.45) is 5.83. The molecule has 20 heavy (non-hydrogen) atoms. The molecule has 1 aliphatic rings. The second kappa shape index (κ2) is 5.36. The molecule has 0 aliphatic heterocycles. The third kappa shape index (κ3) is 2.47. The van der Waals surface area contributed by atoms with Gasteiger partial charge in [-0.15, -0.1) is 0 Å². The summed E-state index contributed by atoms with van der Waals surface area (Å²) in [6, 6.07) is 5.95. The lowest BCUT2D eigenvalue weighted by Crippen LogP contribution is -2.16. The zero-order valence-corrected chi connectivity index (χ0v) is 12.4. The summed E-state index contributed by atoms with van der Waals surface area (Å²) in [7, 11) is 0. The molecule has 0 radical (unpaired) electrons. The van der Waals surface area contributed by atoms with Crippen LogP contribution in [0.3, 0.4) is 0 Å². The number of aromatic nitrogens is 1. The van der Waals surface area contributed by atoms with Crippen LogP contribution in [0.15, 0.2) is 28.9 Å². The molecule has 104 valence electrons. The van der Waals surface area contributed by atoms with Crippen LogP contribution in [-0.2, 0) is 0 Å². The van der Waals surface area contributed by atoms with Gasteiger partial charge < -0.3 is 5.32 Å². The lowest BCUT2D eigenvalue weighted by Gasteiger charge is -2.15. The van der Waals surface area contributed by atoms with E-state index in [1.54, 1.807) is 0 Å². The van der Waals surface area contributed by atoms with Crippen molar-refractivity contribution in [3.63, 3.8) is 0 Å². The highest BCUT2D eigenvalue weighted by atomic mass is 79.9. The van der Waals surface area contributed by atoms with E-state index < -0.39 is 0 Å². The average molecular weight is 336 g/mol. The van der Waals surface area contributed by atoms with Crippen LogP contribution >= 0.6 is 15.9 Å². The number of fused-ring (bicyclic) bond motifs is 1. The van der Waals surface area contributed by atoms with Gasteiger partial charge in [0.15, 0.2) is 0 Å². The van der Waals surface area contributed by atoms with Gasteiger partial charge in [-0.2, -0.15) is 0 Å². The summed E-state index contributed by atoms with van der Waals surface area (Å²) in [5, 5.41) is 15.4. The Balaban J connectivity index is 2.14. The quantitative estimate of drug-likeness (QED) is 0.672. The van der Waals surface area contributed by atoms with Crippen LogP contribution in [0.5, 0.6) is 0 Å². The van der Waals surface area contributed by atoms with Gasteiger partial charge in [0.1, 0.15) is 11.9 Å². The van der Waals surface area contributed by atoms with Crippen molar-refractivity contribution >= 4 is 38.2 Å². The van der Waals surface area contributed by atoms with E-state index in [9.17, 15) is 10.1 Å². The average Bonchev–Trinajstić information content (AvgIpc) is 2.92.